The molecule has 4 aromatic rings. The zero-order valence-corrected chi connectivity index (χ0v) is 21.6. The first-order valence-corrected chi connectivity index (χ1v) is 13.2. The molecule has 0 N–H and O–H groups in total. The van der Waals surface area contributed by atoms with Crippen LogP contribution in [0.4, 0.5) is 0 Å². The van der Waals surface area contributed by atoms with Gasteiger partial charge in [-0.1, -0.05) is 12.1 Å². The summed E-state index contributed by atoms with van der Waals surface area (Å²) in [6, 6.07) is 25.0. The molecule has 0 radical (unpaired) electrons. The van der Waals surface area contributed by atoms with Crippen LogP contribution in [0.5, 0.6) is 23.0 Å². The van der Waals surface area contributed by atoms with E-state index in [0.29, 0.717) is 32.8 Å². The summed E-state index contributed by atoms with van der Waals surface area (Å²) in [4.78, 5) is 1.15. The zero-order valence-electron chi connectivity index (χ0n) is 19.9. The zero-order chi connectivity index (χ0) is 24.9. The third-order valence-electron chi connectivity index (χ3n) is 5.57. The van der Waals surface area contributed by atoms with Crippen LogP contribution in [0.15, 0.2) is 94.7 Å². The number of ether oxygens (including phenoxy) is 1. The number of aryl methyl sites for hydroxylation is 4. The molecule has 2 unspecified atom stereocenters. The fourth-order valence-corrected chi connectivity index (χ4v) is 4.74. The minimum absolute atomic E-state index is 0.475. The Hall–Kier alpha value is -3.42. The second-order valence-corrected chi connectivity index (χ2v) is 10.4. The molecule has 2 atom stereocenters. The summed E-state index contributed by atoms with van der Waals surface area (Å²) < 4.78 is 42.1. The third-order valence-corrected chi connectivity index (χ3v) is 7.55. The Labute approximate surface area is 211 Å². The number of rotatable bonds is 8. The van der Waals surface area contributed by atoms with Crippen molar-refractivity contribution in [2.45, 2.75) is 37.5 Å². The maximum atomic E-state index is 12.6. The molecular weight excluding hydrogens is 480 g/mol. The highest BCUT2D eigenvalue weighted by Crippen LogP contribution is 2.27. The first-order chi connectivity index (χ1) is 16.8. The standard InChI is InChI=1S/C28H26O5S2/c1-19-5-7-26(17-21(19)3)33-34(29)27-15-12-24(13-16-27)31-23-8-10-25(11-9-23)32-35(30)28-14-6-20(2)22(4)18-28/h5-18H,1-4H3. The van der Waals surface area contributed by atoms with E-state index in [0.717, 1.165) is 22.3 Å². The predicted molar refractivity (Wildman–Crippen MR) is 139 cm³/mol. The number of hydrogen-bond donors (Lipinski definition) is 0. The highest BCUT2D eigenvalue weighted by molar-refractivity contribution is 7.80. The van der Waals surface area contributed by atoms with Crippen LogP contribution < -0.4 is 13.1 Å². The molecule has 180 valence electrons. The Morgan fingerprint density at radius 1 is 0.457 bits per heavy atom. The molecule has 7 heteroatoms. The van der Waals surface area contributed by atoms with E-state index in [2.05, 4.69) is 0 Å². The lowest BCUT2D eigenvalue weighted by atomic mass is 10.1. The SMILES string of the molecule is Cc1ccc(OS(=O)c2ccc(Oc3ccc(OS(=O)c4ccc(C)c(C)c4)cc3)cc2)cc1C. The van der Waals surface area contributed by atoms with Crippen molar-refractivity contribution < 1.29 is 21.5 Å². The van der Waals surface area contributed by atoms with Crippen molar-refractivity contribution in [3.63, 3.8) is 0 Å². The van der Waals surface area contributed by atoms with Gasteiger partial charge in [0.2, 0.25) is 22.2 Å². The summed E-state index contributed by atoms with van der Waals surface area (Å²) in [7, 11) is 0. The van der Waals surface area contributed by atoms with E-state index in [1.807, 2.05) is 58.0 Å². The summed E-state index contributed by atoms with van der Waals surface area (Å²) >= 11 is -3.24. The van der Waals surface area contributed by atoms with Crippen LogP contribution in [0.25, 0.3) is 0 Å². The smallest absolute Gasteiger partial charge is 0.240 e. The molecule has 0 aromatic heterocycles. The van der Waals surface area contributed by atoms with Gasteiger partial charge in [-0.15, -0.1) is 0 Å². The molecule has 0 aliphatic carbocycles. The van der Waals surface area contributed by atoms with E-state index in [4.69, 9.17) is 13.1 Å². The van der Waals surface area contributed by atoms with Gasteiger partial charge in [0.25, 0.3) is 0 Å². The fourth-order valence-electron chi connectivity index (χ4n) is 3.17. The van der Waals surface area contributed by atoms with E-state index >= 15 is 0 Å². The van der Waals surface area contributed by atoms with Gasteiger partial charge >= 0.3 is 0 Å². The van der Waals surface area contributed by atoms with Crippen LogP contribution in [0.2, 0.25) is 0 Å². The van der Waals surface area contributed by atoms with Gasteiger partial charge in [-0.3, -0.25) is 0 Å². The second-order valence-electron chi connectivity index (χ2n) is 8.17. The lowest BCUT2D eigenvalue weighted by Crippen LogP contribution is -2.02. The van der Waals surface area contributed by atoms with Crippen molar-refractivity contribution in [1.82, 2.24) is 0 Å². The average Bonchev–Trinajstić information content (AvgIpc) is 2.85. The maximum Gasteiger partial charge on any atom is 0.240 e. The summed E-state index contributed by atoms with van der Waals surface area (Å²) in [6.45, 7) is 7.99. The third kappa shape index (κ3) is 6.38. The quantitative estimate of drug-likeness (QED) is 0.260. The average molecular weight is 507 g/mol. The van der Waals surface area contributed by atoms with Crippen LogP contribution in [0.3, 0.4) is 0 Å². The highest BCUT2D eigenvalue weighted by Gasteiger charge is 2.10. The molecular formula is C28H26O5S2. The Balaban J connectivity index is 1.35. The molecule has 0 saturated heterocycles. The van der Waals surface area contributed by atoms with Crippen LogP contribution in [-0.2, 0) is 22.2 Å². The monoisotopic (exact) mass is 506 g/mol. The molecule has 0 spiro atoms. The van der Waals surface area contributed by atoms with Gasteiger partial charge in [0.05, 0.1) is 9.79 Å². The minimum Gasteiger partial charge on any atom is -0.457 e. The Morgan fingerprint density at radius 3 is 1.49 bits per heavy atom. The largest absolute Gasteiger partial charge is 0.457 e. The molecule has 0 amide bonds. The molecule has 5 nitrogen and oxygen atoms in total. The van der Waals surface area contributed by atoms with Crippen molar-refractivity contribution in [3.05, 3.63) is 107 Å². The topological polar surface area (TPSA) is 61.8 Å². The van der Waals surface area contributed by atoms with Gasteiger partial charge in [-0.2, -0.15) is 0 Å². The predicted octanol–water partition coefficient (Wildman–Crippen LogP) is 6.92. The van der Waals surface area contributed by atoms with Crippen molar-refractivity contribution in [2.75, 3.05) is 0 Å². The number of benzene rings is 4. The van der Waals surface area contributed by atoms with Crippen molar-refractivity contribution in [3.8, 4) is 23.0 Å². The van der Waals surface area contributed by atoms with Gasteiger partial charge < -0.3 is 13.1 Å². The highest BCUT2D eigenvalue weighted by atomic mass is 32.2. The Morgan fingerprint density at radius 2 is 0.886 bits per heavy atom. The summed E-state index contributed by atoms with van der Waals surface area (Å²) in [5.74, 6) is 2.22. The first-order valence-electron chi connectivity index (χ1n) is 11.0. The van der Waals surface area contributed by atoms with Crippen molar-refractivity contribution in [1.29, 1.82) is 0 Å². The van der Waals surface area contributed by atoms with Crippen molar-refractivity contribution in [2.24, 2.45) is 0 Å². The Bertz CT molecular complexity index is 1380. The summed E-state index contributed by atoms with van der Waals surface area (Å²) in [5, 5.41) is 0. The molecule has 0 aliphatic rings. The molecule has 4 aromatic carbocycles. The first kappa shape index (κ1) is 24.7. The van der Waals surface area contributed by atoms with Gasteiger partial charge in [-0.25, -0.2) is 8.42 Å². The lowest BCUT2D eigenvalue weighted by Gasteiger charge is -2.10. The normalized spacial score (nSPS) is 12.6. The minimum atomic E-state index is -1.63. The lowest BCUT2D eigenvalue weighted by molar-refractivity contribution is 0.480. The summed E-state index contributed by atoms with van der Waals surface area (Å²) in [5.41, 5.74) is 4.44. The summed E-state index contributed by atoms with van der Waals surface area (Å²) in [6.07, 6.45) is 0. The Kier molecular flexibility index (Phi) is 7.68. The molecule has 0 bridgehead atoms. The van der Waals surface area contributed by atoms with Gasteiger partial charge in [0, 0.05) is 0 Å². The number of hydrogen-bond acceptors (Lipinski definition) is 5. The fraction of sp³-hybridized carbons (Fsp3) is 0.143. The van der Waals surface area contributed by atoms with Gasteiger partial charge in [0.15, 0.2) is 0 Å². The van der Waals surface area contributed by atoms with E-state index in [-0.39, 0.29) is 0 Å². The van der Waals surface area contributed by atoms with E-state index in [1.165, 1.54) is 0 Å². The molecule has 0 heterocycles. The molecule has 4 rings (SSSR count). The molecule has 35 heavy (non-hydrogen) atoms. The van der Waals surface area contributed by atoms with Crippen LogP contribution in [0, 0.1) is 27.7 Å². The second kappa shape index (κ2) is 10.9. The van der Waals surface area contributed by atoms with Gasteiger partial charge in [0.1, 0.15) is 23.0 Å². The molecule has 0 saturated carbocycles. The van der Waals surface area contributed by atoms with Crippen LogP contribution >= 0.6 is 0 Å². The van der Waals surface area contributed by atoms with Crippen LogP contribution in [0.1, 0.15) is 22.3 Å². The molecule has 0 fully saturated rings. The van der Waals surface area contributed by atoms with E-state index in [9.17, 15) is 8.42 Å². The van der Waals surface area contributed by atoms with E-state index in [1.54, 1.807) is 54.6 Å². The van der Waals surface area contributed by atoms with Crippen LogP contribution in [-0.4, -0.2) is 8.42 Å². The maximum absolute atomic E-state index is 12.6. The van der Waals surface area contributed by atoms with Gasteiger partial charge in [-0.05, 0) is 123 Å². The van der Waals surface area contributed by atoms with Crippen molar-refractivity contribution >= 4 is 22.2 Å². The van der Waals surface area contributed by atoms with E-state index < -0.39 is 22.2 Å². The molecule has 0 aliphatic heterocycles.